The van der Waals surface area contributed by atoms with Gasteiger partial charge in [-0.3, -0.25) is 4.79 Å². The van der Waals surface area contributed by atoms with Gasteiger partial charge in [0.1, 0.15) is 0 Å². The van der Waals surface area contributed by atoms with Gasteiger partial charge in [0.25, 0.3) is 5.91 Å². The first-order valence-corrected chi connectivity index (χ1v) is 7.55. The van der Waals surface area contributed by atoms with Gasteiger partial charge in [-0.2, -0.15) is 0 Å². The minimum Gasteiger partial charge on any atom is -0.396 e. The summed E-state index contributed by atoms with van der Waals surface area (Å²) in [6.07, 6.45) is 4.07. The van der Waals surface area contributed by atoms with Crippen molar-refractivity contribution in [1.82, 2.24) is 4.90 Å². The number of carbonyl (C=O) groups is 1. The molecule has 5 heteroatoms. The second kappa shape index (κ2) is 5.98. The predicted molar refractivity (Wildman–Crippen MR) is 72.4 cm³/mol. The van der Waals surface area contributed by atoms with Crippen LogP contribution >= 0.6 is 27.3 Å². The zero-order valence-corrected chi connectivity index (χ0v) is 12.0. The Kier molecular flexibility index (Phi) is 4.59. The maximum atomic E-state index is 12.3. The third kappa shape index (κ3) is 3.09. The molecule has 1 fully saturated rings. The van der Waals surface area contributed by atoms with E-state index in [1.165, 1.54) is 17.8 Å². The lowest BCUT2D eigenvalue weighted by Gasteiger charge is -2.37. The molecule has 0 bridgehead atoms. The van der Waals surface area contributed by atoms with Crippen LogP contribution in [0.15, 0.2) is 15.2 Å². The normalized spacial score (nSPS) is 15.6. The number of hydrogen-bond donors (Lipinski definition) is 1. The number of thiophene rings is 1. The largest absolute Gasteiger partial charge is 0.396 e. The molecule has 94 valence electrons. The summed E-state index contributed by atoms with van der Waals surface area (Å²) in [5, 5.41) is 10.8. The van der Waals surface area contributed by atoms with E-state index in [0.717, 1.165) is 22.2 Å². The summed E-state index contributed by atoms with van der Waals surface area (Å²) < 4.78 is 0.983. The summed E-state index contributed by atoms with van der Waals surface area (Å²) in [4.78, 5) is 14.3. The van der Waals surface area contributed by atoms with Crippen LogP contribution in [0.3, 0.4) is 0 Å². The summed E-state index contributed by atoms with van der Waals surface area (Å²) in [5.41, 5.74) is 0.756. The molecule has 1 aliphatic carbocycles. The van der Waals surface area contributed by atoms with E-state index in [9.17, 15) is 4.79 Å². The molecule has 0 spiro atoms. The third-order valence-electron chi connectivity index (χ3n) is 3.15. The Labute approximate surface area is 114 Å². The van der Waals surface area contributed by atoms with Gasteiger partial charge >= 0.3 is 0 Å². The van der Waals surface area contributed by atoms with Gasteiger partial charge in [-0.05, 0) is 47.7 Å². The van der Waals surface area contributed by atoms with Gasteiger partial charge in [-0.15, -0.1) is 11.3 Å². The Balaban J connectivity index is 2.06. The highest BCUT2D eigenvalue weighted by atomic mass is 79.9. The number of rotatable bonds is 5. The minimum absolute atomic E-state index is 0.102. The van der Waals surface area contributed by atoms with E-state index in [2.05, 4.69) is 15.9 Å². The minimum atomic E-state index is 0.102. The van der Waals surface area contributed by atoms with Crippen molar-refractivity contribution < 1.29 is 9.90 Å². The van der Waals surface area contributed by atoms with Crippen molar-refractivity contribution in [3.63, 3.8) is 0 Å². The van der Waals surface area contributed by atoms with Gasteiger partial charge < -0.3 is 10.0 Å². The first-order valence-electron chi connectivity index (χ1n) is 5.88. The van der Waals surface area contributed by atoms with Gasteiger partial charge in [0.05, 0.1) is 9.35 Å². The molecular formula is C12H16BrNO2S. The Morgan fingerprint density at radius 2 is 2.35 bits per heavy atom. The molecule has 1 aliphatic rings. The fourth-order valence-electron chi connectivity index (χ4n) is 1.98. The second-order valence-corrected chi connectivity index (χ2v) is 6.59. The fourth-order valence-corrected chi connectivity index (χ4v) is 3.11. The highest BCUT2D eigenvalue weighted by molar-refractivity contribution is 9.11. The van der Waals surface area contributed by atoms with Crippen LogP contribution in [0.1, 0.15) is 36.0 Å². The zero-order chi connectivity index (χ0) is 12.3. The Morgan fingerprint density at radius 3 is 2.82 bits per heavy atom. The lowest BCUT2D eigenvalue weighted by Crippen LogP contribution is -2.44. The molecule has 1 heterocycles. The van der Waals surface area contributed by atoms with Gasteiger partial charge in [0.2, 0.25) is 0 Å². The van der Waals surface area contributed by atoms with Crippen LogP contribution in [0.5, 0.6) is 0 Å². The average Bonchev–Trinajstić information content (AvgIpc) is 2.67. The van der Waals surface area contributed by atoms with Gasteiger partial charge in [-0.25, -0.2) is 0 Å². The number of hydrogen-bond acceptors (Lipinski definition) is 3. The van der Waals surface area contributed by atoms with Gasteiger partial charge in [-0.1, -0.05) is 0 Å². The molecule has 0 radical (unpaired) electrons. The van der Waals surface area contributed by atoms with E-state index in [0.29, 0.717) is 19.0 Å². The predicted octanol–water partition coefficient (Wildman–Crippen LogP) is 2.89. The van der Waals surface area contributed by atoms with Crippen LogP contribution in [0.2, 0.25) is 0 Å². The summed E-state index contributed by atoms with van der Waals surface area (Å²) >= 11 is 4.91. The Morgan fingerprint density at radius 1 is 1.59 bits per heavy atom. The molecule has 17 heavy (non-hydrogen) atoms. The first kappa shape index (κ1) is 13.1. The zero-order valence-electron chi connectivity index (χ0n) is 9.56. The molecule has 1 N–H and O–H groups in total. The fraction of sp³-hybridized carbons (Fsp3) is 0.583. The average molecular weight is 318 g/mol. The summed E-state index contributed by atoms with van der Waals surface area (Å²) in [6, 6.07) is 2.25. The van der Waals surface area contributed by atoms with E-state index < -0.39 is 0 Å². The number of amides is 1. The van der Waals surface area contributed by atoms with Crippen LogP contribution in [0.4, 0.5) is 0 Å². The number of aliphatic hydroxyl groups is 1. The maximum absolute atomic E-state index is 12.3. The van der Waals surface area contributed by atoms with Crippen LogP contribution in [0, 0.1) is 0 Å². The first-order chi connectivity index (χ1) is 8.22. The lowest BCUT2D eigenvalue weighted by atomic mass is 9.91. The van der Waals surface area contributed by atoms with Crippen molar-refractivity contribution in [2.24, 2.45) is 0 Å². The lowest BCUT2D eigenvalue weighted by molar-refractivity contribution is 0.0563. The van der Waals surface area contributed by atoms with Crippen molar-refractivity contribution in [2.75, 3.05) is 13.2 Å². The molecule has 0 saturated heterocycles. The second-order valence-electron chi connectivity index (χ2n) is 4.30. The van der Waals surface area contributed by atoms with Crippen LogP contribution in [-0.4, -0.2) is 35.1 Å². The van der Waals surface area contributed by atoms with Crippen molar-refractivity contribution in [2.45, 2.75) is 31.7 Å². The molecule has 1 saturated carbocycles. The number of aliphatic hydroxyl groups excluding tert-OH is 1. The summed E-state index contributed by atoms with van der Waals surface area (Å²) in [5.74, 6) is 0.102. The van der Waals surface area contributed by atoms with E-state index in [1.807, 2.05) is 16.3 Å². The van der Waals surface area contributed by atoms with Crippen molar-refractivity contribution in [1.29, 1.82) is 0 Å². The quantitative estimate of drug-likeness (QED) is 0.907. The monoisotopic (exact) mass is 317 g/mol. The smallest absolute Gasteiger partial charge is 0.254 e. The van der Waals surface area contributed by atoms with Crippen molar-refractivity contribution >= 4 is 33.2 Å². The van der Waals surface area contributed by atoms with Crippen LogP contribution < -0.4 is 0 Å². The SMILES string of the molecule is O=C(c1csc(Br)c1)N(CCCO)C1CCC1. The Bertz CT molecular complexity index is 390. The number of halogens is 1. The highest BCUT2D eigenvalue weighted by Crippen LogP contribution is 2.28. The van der Waals surface area contributed by atoms with E-state index in [1.54, 1.807) is 0 Å². The molecule has 1 aromatic heterocycles. The Hall–Kier alpha value is -0.390. The number of nitrogens with zero attached hydrogens (tertiary/aromatic N) is 1. The maximum Gasteiger partial charge on any atom is 0.254 e. The van der Waals surface area contributed by atoms with E-state index in [-0.39, 0.29) is 12.5 Å². The summed E-state index contributed by atoms with van der Waals surface area (Å²) in [7, 11) is 0. The molecule has 0 unspecified atom stereocenters. The van der Waals surface area contributed by atoms with Gasteiger partial charge in [0, 0.05) is 24.6 Å². The molecule has 0 atom stereocenters. The molecule has 3 nitrogen and oxygen atoms in total. The molecule has 1 aromatic rings. The molecular weight excluding hydrogens is 302 g/mol. The standard InChI is InChI=1S/C12H16BrNO2S/c13-11-7-9(8-17-11)12(16)14(5-2-6-15)10-3-1-4-10/h7-8,10,15H,1-6H2. The van der Waals surface area contributed by atoms with Crippen LogP contribution in [-0.2, 0) is 0 Å². The van der Waals surface area contributed by atoms with Gasteiger partial charge in [0.15, 0.2) is 0 Å². The number of carbonyl (C=O) groups excluding carboxylic acids is 1. The third-order valence-corrected chi connectivity index (χ3v) is 4.65. The van der Waals surface area contributed by atoms with E-state index >= 15 is 0 Å². The van der Waals surface area contributed by atoms with E-state index in [4.69, 9.17) is 5.11 Å². The van der Waals surface area contributed by atoms with Crippen molar-refractivity contribution in [3.05, 3.63) is 20.8 Å². The molecule has 1 amide bonds. The highest BCUT2D eigenvalue weighted by Gasteiger charge is 2.29. The topological polar surface area (TPSA) is 40.5 Å². The van der Waals surface area contributed by atoms with Crippen molar-refractivity contribution in [3.8, 4) is 0 Å². The summed E-state index contributed by atoms with van der Waals surface area (Å²) in [6.45, 7) is 0.803. The molecule has 0 aliphatic heterocycles. The molecule has 0 aromatic carbocycles. The van der Waals surface area contributed by atoms with Crippen LogP contribution in [0.25, 0.3) is 0 Å². The molecule has 2 rings (SSSR count).